The van der Waals surface area contributed by atoms with Crippen molar-refractivity contribution in [2.45, 2.75) is 12.5 Å². The molecular formula is C15H14ClFN2O. The van der Waals surface area contributed by atoms with Crippen LogP contribution in [0.4, 0.5) is 10.1 Å². The molecule has 20 heavy (non-hydrogen) atoms. The van der Waals surface area contributed by atoms with Crippen molar-refractivity contribution in [2.75, 3.05) is 5.32 Å². The Balaban J connectivity index is 2.02. The smallest absolute Gasteiger partial charge is 0.241 e. The van der Waals surface area contributed by atoms with Crippen LogP contribution >= 0.6 is 11.6 Å². The van der Waals surface area contributed by atoms with Gasteiger partial charge in [0.15, 0.2) is 0 Å². The predicted octanol–water partition coefficient (Wildman–Crippen LogP) is 2.99. The minimum absolute atomic E-state index is 0.0333. The molecule has 1 atom stereocenters. The fourth-order valence-corrected chi connectivity index (χ4v) is 1.95. The lowest BCUT2D eigenvalue weighted by Gasteiger charge is -2.13. The number of hydrogen-bond acceptors (Lipinski definition) is 2. The van der Waals surface area contributed by atoms with Crippen molar-refractivity contribution in [1.29, 1.82) is 0 Å². The monoisotopic (exact) mass is 292 g/mol. The summed E-state index contributed by atoms with van der Waals surface area (Å²) in [7, 11) is 0. The molecule has 1 amide bonds. The van der Waals surface area contributed by atoms with Crippen LogP contribution in [-0.4, -0.2) is 11.9 Å². The second-order valence-electron chi connectivity index (χ2n) is 4.41. The first-order valence-electron chi connectivity index (χ1n) is 6.11. The van der Waals surface area contributed by atoms with Crippen LogP contribution in [0.25, 0.3) is 0 Å². The average Bonchev–Trinajstić information content (AvgIpc) is 2.44. The molecule has 0 fully saturated rings. The van der Waals surface area contributed by atoms with E-state index in [1.807, 2.05) is 30.3 Å². The molecule has 0 spiro atoms. The Labute approximate surface area is 121 Å². The van der Waals surface area contributed by atoms with Gasteiger partial charge in [0, 0.05) is 5.02 Å². The summed E-state index contributed by atoms with van der Waals surface area (Å²) in [6.07, 6.45) is 0.384. The van der Waals surface area contributed by atoms with Crippen LogP contribution in [0, 0.1) is 5.82 Å². The summed E-state index contributed by atoms with van der Waals surface area (Å²) < 4.78 is 13.5. The Bertz CT molecular complexity index is 604. The van der Waals surface area contributed by atoms with Crippen molar-refractivity contribution in [2.24, 2.45) is 5.73 Å². The van der Waals surface area contributed by atoms with E-state index in [1.54, 1.807) is 0 Å². The van der Waals surface area contributed by atoms with Crippen molar-refractivity contribution < 1.29 is 9.18 Å². The quantitative estimate of drug-likeness (QED) is 0.910. The summed E-state index contributed by atoms with van der Waals surface area (Å²) in [4.78, 5) is 11.9. The summed E-state index contributed by atoms with van der Waals surface area (Å²) in [5.41, 5.74) is 6.80. The molecule has 0 aliphatic rings. The molecule has 104 valence electrons. The van der Waals surface area contributed by atoms with Gasteiger partial charge < -0.3 is 11.1 Å². The maximum Gasteiger partial charge on any atom is 0.241 e. The molecule has 0 aromatic heterocycles. The van der Waals surface area contributed by atoms with Crippen LogP contribution in [-0.2, 0) is 11.2 Å². The zero-order chi connectivity index (χ0) is 14.5. The Hall–Kier alpha value is -1.91. The predicted molar refractivity (Wildman–Crippen MR) is 78.2 cm³/mol. The lowest BCUT2D eigenvalue weighted by atomic mass is 10.1. The fraction of sp³-hybridized carbons (Fsp3) is 0.133. The van der Waals surface area contributed by atoms with Crippen molar-refractivity contribution in [3.05, 3.63) is 64.9 Å². The van der Waals surface area contributed by atoms with Gasteiger partial charge in [-0.2, -0.15) is 0 Å². The van der Waals surface area contributed by atoms with Gasteiger partial charge in [-0.25, -0.2) is 4.39 Å². The maximum atomic E-state index is 13.5. The molecule has 0 heterocycles. The Kier molecular flexibility index (Phi) is 4.71. The van der Waals surface area contributed by atoms with E-state index in [1.165, 1.54) is 18.2 Å². The molecule has 2 aromatic carbocycles. The summed E-state index contributed by atoms with van der Waals surface area (Å²) in [5, 5.41) is 2.79. The minimum atomic E-state index is -0.754. The van der Waals surface area contributed by atoms with E-state index >= 15 is 0 Å². The Morgan fingerprint density at radius 1 is 1.25 bits per heavy atom. The molecular weight excluding hydrogens is 279 g/mol. The molecule has 2 aromatic rings. The number of hydrogen-bond donors (Lipinski definition) is 2. The highest BCUT2D eigenvalue weighted by Gasteiger charge is 2.16. The van der Waals surface area contributed by atoms with Crippen molar-refractivity contribution >= 4 is 23.2 Å². The van der Waals surface area contributed by atoms with E-state index in [0.29, 0.717) is 11.4 Å². The van der Waals surface area contributed by atoms with E-state index < -0.39 is 17.8 Å². The Morgan fingerprint density at radius 2 is 1.95 bits per heavy atom. The van der Waals surface area contributed by atoms with Crippen LogP contribution in [0.2, 0.25) is 5.02 Å². The van der Waals surface area contributed by atoms with Crippen LogP contribution in [0.3, 0.4) is 0 Å². The summed E-state index contributed by atoms with van der Waals surface area (Å²) in [5.74, 6) is -0.996. The summed E-state index contributed by atoms with van der Waals surface area (Å²) in [6, 6.07) is 12.6. The highest BCUT2D eigenvalue weighted by Crippen LogP contribution is 2.19. The number of nitrogens with two attached hydrogens (primary N) is 1. The van der Waals surface area contributed by atoms with Gasteiger partial charge in [-0.05, 0) is 30.2 Å². The first kappa shape index (κ1) is 14.5. The molecule has 0 aliphatic carbocycles. The van der Waals surface area contributed by atoms with Gasteiger partial charge >= 0.3 is 0 Å². The summed E-state index contributed by atoms with van der Waals surface area (Å²) in [6.45, 7) is 0. The molecule has 0 saturated carbocycles. The number of nitrogens with one attached hydrogen (secondary N) is 1. The third kappa shape index (κ3) is 3.79. The second kappa shape index (κ2) is 6.50. The summed E-state index contributed by atoms with van der Waals surface area (Å²) >= 11 is 5.76. The second-order valence-corrected chi connectivity index (χ2v) is 4.85. The maximum absolute atomic E-state index is 13.5. The SMILES string of the molecule is N[C@H](Cc1ccccc1)C(=O)Nc1cc(Cl)ccc1F. The van der Waals surface area contributed by atoms with Crippen molar-refractivity contribution in [3.8, 4) is 0 Å². The third-order valence-electron chi connectivity index (χ3n) is 2.82. The normalized spacial score (nSPS) is 11.9. The number of carbonyl (C=O) groups is 1. The minimum Gasteiger partial charge on any atom is -0.322 e. The molecule has 0 radical (unpaired) electrons. The molecule has 0 aliphatic heterocycles. The van der Waals surface area contributed by atoms with Crippen LogP contribution in [0.1, 0.15) is 5.56 Å². The Morgan fingerprint density at radius 3 is 2.65 bits per heavy atom. The first-order chi connectivity index (χ1) is 9.56. The topological polar surface area (TPSA) is 55.1 Å². The number of rotatable bonds is 4. The average molecular weight is 293 g/mol. The first-order valence-corrected chi connectivity index (χ1v) is 6.49. The van der Waals surface area contributed by atoms with E-state index in [2.05, 4.69) is 5.32 Å². The van der Waals surface area contributed by atoms with Crippen LogP contribution in [0.15, 0.2) is 48.5 Å². The lowest BCUT2D eigenvalue weighted by Crippen LogP contribution is -2.37. The number of carbonyl (C=O) groups excluding carboxylic acids is 1. The zero-order valence-electron chi connectivity index (χ0n) is 10.6. The fourth-order valence-electron chi connectivity index (χ4n) is 1.78. The highest BCUT2D eigenvalue weighted by molar-refractivity contribution is 6.30. The van der Waals surface area contributed by atoms with Crippen molar-refractivity contribution in [1.82, 2.24) is 0 Å². The lowest BCUT2D eigenvalue weighted by molar-refractivity contribution is -0.117. The van der Waals surface area contributed by atoms with Gasteiger partial charge in [-0.15, -0.1) is 0 Å². The van der Waals surface area contributed by atoms with Gasteiger partial charge in [0.25, 0.3) is 0 Å². The molecule has 3 N–H and O–H groups in total. The van der Waals surface area contributed by atoms with Gasteiger partial charge in [0.05, 0.1) is 11.7 Å². The third-order valence-corrected chi connectivity index (χ3v) is 3.06. The highest BCUT2D eigenvalue weighted by atomic mass is 35.5. The van der Waals surface area contributed by atoms with Crippen LogP contribution < -0.4 is 11.1 Å². The van der Waals surface area contributed by atoms with E-state index in [9.17, 15) is 9.18 Å². The molecule has 0 saturated heterocycles. The van der Waals surface area contributed by atoms with Crippen LogP contribution in [0.5, 0.6) is 0 Å². The molecule has 0 bridgehead atoms. The van der Waals surface area contributed by atoms with Gasteiger partial charge in [0.2, 0.25) is 5.91 Å². The molecule has 3 nitrogen and oxygen atoms in total. The largest absolute Gasteiger partial charge is 0.322 e. The van der Waals surface area contributed by atoms with E-state index in [0.717, 1.165) is 5.56 Å². The number of amides is 1. The van der Waals surface area contributed by atoms with Gasteiger partial charge in [0.1, 0.15) is 5.82 Å². The molecule has 0 unspecified atom stereocenters. The van der Waals surface area contributed by atoms with Crippen molar-refractivity contribution in [3.63, 3.8) is 0 Å². The molecule has 2 rings (SSSR count). The number of halogens is 2. The van der Waals surface area contributed by atoms with E-state index in [4.69, 9.17) is 17.3 Å². The zero-order valence-corrected chi connectivity index (χ0v) is 11.4. The number of benzene rings is 2. The van der Waals surface area contributed by atoms with Gasteiger partial charge in [-0.1, -0.05) is 41.9 Å². The van der Waals surface area contributed by atoms with E-state index in [-0.39, 0.29) is 5.69 Å². The van der Waals surface area contributed by atoms with Gasteiger partial charge in [-0.3, -0.25) is 4.79 Å². The molecule has 5 heteroatoms. The number of anilines is 1. The standard InChI is InChI=1S/C15H14ClFN2O/c16-11-6-7-12(17)14(9-11)19-15(20)13(18)8-10-4-2-1-3-5-10/h1-7,9,13H,8,18H2,(H,19,20)/t13-/m1/s1.